The number of hydrogen-bond acceptors (Lipinski definition) is 7. The molecule has 2 bridgehead atoms. The van der Waals surface area contributed by atoms with Crippen LogP contribution in [-0.2, 0) is 28.6 Å². The van der Waals surface area contributed by atoms with E-state index in [2.05, 4.69) is 0 Å². The molecule has 0 aromatic carbocycles. The molecule has 0 aromatic heterocycles. The molecule has 0 fully saturated rings. The minimum atomic E-state index is -0.577. The molecule has 148 valence electrons. The summed E-state index contributed by atoms with van der Waals surface area (Å²) in [6, 6.07) is 0. The number of nitrogens with zero attached hydrogens (tertiary/aromatic N) is 1. The van der Waals surface area contributed by atoms with E-state index in [1.54, 1.807) is 17.3 Å². The van der Waals surface area contributed by atoms with E-state index >= 15 is 0 Å². The molecule has 7 nitrogen and oxygen atoms in total. The summed E-state index contributed by atoms with van der Waals surface area (Å²) < 4.78 is 14.7. The molecule has 0 radical (unpaired) electrons. The average molecular weight is 377 g/mol. The van der Waals surface area contributed by atoms with Crippen LogP contribution in [0.15, 0.2) is 34.7 Å². The Morgan fingerprint density at radius 1 is 0.778 bits per heavy atom. The lowest BCUT2D eigenvalue weighted by molar-refractivity contribution is -0.140. The first kappa shape index (κ1) is 20.7. The Hall–Kier alpha value is -2.57. The summed E-state index contributed by atoms with van der Waals surface area (Å²) in [7, 11) is 3.91. The Kier molecular flexibility index (Phi) is 7.64. The fourth-order valence-electron chi connectivity index (χ4n) is 3.40. The number of rotatable bonds is 4. The summed E-state index contributed by atoms with van der Waals surface area (Å²) >= 11 is 0. The minimum Gasteiger partial charge on any atom is -0.468 e. The zero-order valence-electron chi connectivity index (χ0n) is 16.2. The predicted octanol–water partition coefficient (Wildman–Crippen LogP) is 2.63. The minimum absolute atomic E-state index is 0.00753. The zero-order valence-corrected chi connectivity index (χ0v) is 16.2. The summed E-state index contributed by atoms with van der Waals surface area (Å²) in [6.07, 6.45) is 9.61. The van der Waals surface area contributed by atoms with Gasteiger partial charge in [-0.25, -0.2) is 9.59 Å². The third-order valence-electron chi connectivity index (χ3n) is 4.75. The van der Waals surface area contributed by atoms with E-state index in [1.165, 1.54) is 21.3 Å². The van der Waals surface area contributed by atoms with E-state index in [4.69, 9.17) is 14.2 Å². The third kappa shape index (κ3) is 5.21. The lowest BCUT2D eigenvalue weighted by Gasteiger charge is -2.17. The molecule has 0 amide bonds. The Balaban J connectivity index is 2.65. The number of hydrogen-bond donors (Lipinski definition) is 0. The summed E-state index contributed by atoms with van der Waals surface area (Å²) in [5.74, 6) is -1.56. The average Bonchev–Trinajstić information content (AvgIpc) is 2.83. The Morgan fingerprint density at radius 2 is 1.22 bits per heavy atom. The number of fused-ring (bicyclic) bond motifs is 2. The van der Waals surface area contributed by atoms with Gasteiger partial charge in [0.15, 0.2) is 0 Å². The van der Waals surface area contributed by atoms with Gasteiger partial charge in [0.25, 0.3) is 0 Å². The molecular formula is C20H27NO6. The van der Waals surface area contributed by atoms with Crippen molar-refractivity contribution in [2.45, 2.75) is 44.9 Å². The molecular weight excluding hydrogens is 350 g/mol. The van der Waals surface area contributed by atoms with E-state index in [0.717, 1.165) is 32.1 Å². The van der Waals surface area contributed by atoms with Crippen molar-refractivity contribution in [2.24, 2.45) is 0 Å². The van der Waals surface area contributed by atoms with Gasteiger partial charge in [-0.15, -0.1) is 0 Å². The molecule has 0 atom stereocenters. The molecule has 0 unspecified atom stereocenters. The lowest BCUT2D eigenvalue weighted by Crippen LogP contribution is -2.22. The van der Waals surface area contributed by atoms with Crippen molar-refractivity contribution in [1.29, 1.82) is 0 Å². The highest BCUT2D eigenvalue weighted by Crippen LogP contribution is 2.34. The van der Waals surface area contributed by atoms with Crippen LogP contribution in [0.1, 0.15) is 44.9 Å². The summed E-state index contributed by atoms with van der Waals surface area (Å²) in [4.78, 5) is 38.7. The lowest BCUT2D eigenvalue weighted by atomic mass is 9.92. The maximum atomic E-state index is 12.6. The van der Waals surface area contributed by atoms with Gasteiger partial charge in [0, 0.05) is 12.4 Å². The van der Waals surface area contributed by atoms with Crippen molar-refractivity contribution >= 4 is 17.9 Å². The molecule has 2 aliphatic rings. The second kappa shape index (κ2) is 9.94. The molecule has 0 saturated carbocycles. The number of ether oxygens (including phenoxy) is 3. The van der Waals surface area contributed by atoms with Crippen molar-refractivity contribution in [3.63, 3.8) is 0 Å². The zero-order chi connectivity index (χ0) is 19.8. The van der Waals surface area contributed by atoms with Crippen molar-refractivity contribution in [2.75, 3.05) is 27.9 Å². The van der Waals surface area contributed by atoms with Gasteiger partial charge in [-0.2, -0.15) is 0 Å². The highest BCUT2D eigenvalue weighted by Gasteiger charge is 2.31. The molecule has 0 saturated heterocycles. The van der Waals surface area contributed by atoms with Gasteiger partial charge >= 0.3 is 17.9 Å². The number of esters is 3. The quantitative estimate of drug-likeness (QED) is 0.550. The smallest absolute Gasteiger partial charge is 0.339 e. The van der Waals surface area contributed by atoms with Crippen molar-refractivity contribution in [3.8, 4) is 0 Å². The highest BCUT2D eigenvalue weighted by molar-refractivity contribution is 6.06. The number of methoxy groups -OCH3 is 3. The fraction of sp³-hybridized carbons (Fsp3) is 0.550. The van der Waals surface area contributed by atoms with Crippen LogP contribution in [0.3, 0.4) is 0 Å². The van der Waals surface area contributed by atoms with Crippen LogP contribution in [-0.4, -0.2) is 50.7 Å². The molecule has 1 aliphatic carbocycles. The van der Waals surface area contributed by atoms with Crippen molar-refractivity contribution < 1.29 is 28.6 Å². The fourth-order valence-corrected chi connectivity index (χ4v) is 3.40. The Bertz CT molecular complexity index is 641. The monoisotopic (exact) mass is 377 g/mol. The van der Waals surface area contributed by atoms with Crippen molar-refractivity contribution in [3.05, 3.63) is 34.7 Å². The van der Waals surface area contributed by atoms with Gasteiger partial charge in [0.1, 0.15) is 6.54 Å². The van der Waals surface area contributed by atoms with Crippen LogP contribution in [0.2, 0.25) is 0 Å². The second-order valence-electron chi connectivity index (χ2n) is 6.56. The SMILES string of the molecule is COC(=O)CN1C=C2CCCCCCCC(=C1)C(C(=O)OC)=C2C(=O)OC. The van der Waals surface area contributed by atoms with Gasteiger partial charge in [0.05, 0.1) is 32.5 Å². The first-order valence-electron chi connectivity index (χ1n) is 9.17. The van der Waals surface area contributed by atoms with E-state index in [1.807, 2.05) is 0 Å². The first-order valence-corrected chi connectivity index (χ1v) is 9.17. The molecule has 7 heteroatoms. The summed E-state index contributed by atoms with van der Waals surface area (Å²) in [5, 5.41) is 0. The van der Waals surface area contributed by atoms with E-state index in [-0.39, 0.29) is 17.7 Å². The van der Waals surface area contributed by atoms with Crippen LogP contribution in [0, 0.1) is 0 Å². The number of carbonyl (C=O) groups is 3. The second-order valence-corrected chi connectivity index (χ2v) is 6.56. The predicted molar refractivity (Wildman–Crippen MR) is 98.3 cm³/mol. The number of carbonyl (C=O) groups excluding carboxylic acids is 3. The van der Waals surface area contributed by atoms with Crippen LogP contribution in [0.25, 0.3) is 0 Å². The summed E-state index contributed by atoms with van der Waals surface area (Å²) in [5.41, 5.74) is 1.79. The molecule has 0 spiro atoms. The molecule has 1 heterocycles. The Morgan fingerprint density at radius 3 is 1.63 bits per heavy atom. The molecule has 0 aromatic rings. The molecule has 1 aliphatic heterocycles. The molecule has 27 heavy (non-hydrogen) atoms. The Labute approximate surface area is 159 Å². The van der Waals surface area contributed by atoms with Crippen molar-refractivity contribution in [1.82, 2.24) is 4.90 Å². The highest BCUT2D eigenvalue weighted by atomic mass is 16.5. The van der Waals surface area contributed by atoms with Crippen LogP contribution in [0.4, 0.5) is 0 Å². The maximum Gasteiger partial charge on any atom is 0.339 e. The largest absolute Gasteiger partial charge is 0.468 e. The van der Waals surface area contributed by atoms with E-state index in [9.17, 15) is 14.4 Å². The van der Waals surface area contributed by atoms with E-state index < -0.39 is 17.9 Å². The molecule has 0 N–H and O–H groups in total. The first-order chi connectivity index (χ1) is 13.0. The van der Waals surface area contributed by atoms with Gasteiger partial charge in [-0.1, -0.05) is 19.3 Å². The summed E-state index contributed by atoms with van der Waals surface area (Å²) in [6.45, 7) is -0.00753. The van der Waals surface area contributed by atoms with Crippen LogP contribution < -0.4 is 0 Å². The normalized spacial score (nSPS) is 18.0. The maximum absolute atomic E-state index is 12.6. The molecule has 2 rings (SSSR count). The van der Waals surface area contributed by atoms with Gasteiger partial charge in [0.2, 0.25) is 0 Å². The topological polar surface area (TPSA) is 82.1 Å². The van der Waals surface area contributed by atoms with Crippen LogP contribution in [0.5, 0.6) is 0 Å². The third-order valence-corrected chi connectivity index (χ3v) is 4.75. The van der Waals surface area contributed by atoms with E-state index in [0.29, 0.717) is 24.0 Å². The van der Waals surface area contributed by atoms with Gasteiger partial charge in [-0.3, -0.25) is 4.79 Å². The van der Waals surface area contributed by atoms with Crippen LogP contribution >= 0.6 is 0 Å². The van der Waals surface area contributed by atoms with Gasteiger partial charge < -0.3 is 19.1 Å². The standard InChI is InChI=1S/C20H27NO6/c1-25-16(22)13-21-11-14-9-7-5-4-6-8-10-15(12-21)18(20(24)27-3)17(14)19(23)26-2/h11-12H,4-10,13H2,1-3H3. The van der Waals surface area contributed by atoms with Gasteiger partial charge in [-0.05, 0) is 36.8 Å².